The molecular weight excluding hydrogens is 464 g/mol. The van der Waals surface area contributed by atoms with Gasteiger partial charge in [0.1, 0.15) is 5.00 Å². The molecule has 2 amide bonds. The number of carbonyl (C=O) groups excluding carboxylic acids is 3. The smallest absolute Gasteiger partial charge is 0.341 e. The highest BCUT2D eigenvalue weighted by Crippen LogP contribution is 2.34. The fraction of sp³-hybridized carbons (Fsp3) is 0.364. The average molecular weight is 491 g/mol. The van der Waals surface area contributed by atoms with Gasteiger partial charge in [0.2, 0.25) is 0 Å². The summed E-state index contributed by atoms with van der Waals surface area (Å²) in [6.45, 7) is 3.94. The number of rotatable bonds is 5. The summed E-state index contributed by atoms with van der Waals surface area (Å²) < 4.78 is 10.2. The summed E-state index contributed by atoms with van der Waals surface area (Å²) in [6, 6.07) is 6.96. The summed E-state index contributed by atoms with van der Waals surface area (Å²) in [7, 11) is 4.57. The molecule has 0 spiro atoms. The van der Waals surface area contributed by atoms with Gasteiger partial charge in [-0.15, -0.1) is 11.3 Å². The first-order valence-corrected chi connectivity index (χ1v) is 11.4. The fourth-order valence-corrected chi connectivity index (χ4v) is 4.77. The zero-order valence-corrected chi connectivity index (χ0v) is 20.5. The second-order valence-corrected chi connectivity index (χ2v) is 8.94. The Hall–Kier alpha value is -3.02. The molecule has 0 radical (unpaired) electrons. The molecule has 11 heteroatoms. The first kappa shape index (κ1) is 24.6. The van der Waals surface area contributed by atoms with E-state index in [0.717, 1.165) is 11.3 Å². The van der Waals surface area contributed by atoms with Crippen molar-refractivity contribution in [1.29, 1.82) is 0 Å². The Morgan fingerprint density at radius 1 is 1.12 bits per heavy atom. The van der Waals surface area contributed by atoms with Crippen molar-refractivity contribution in [2.45, 2.75) is 6.92 Å². The largest absolute Gasteiger partial charge is 0.465 e. The van der Waals surface area contributed by atoms with Crippen molar-refractivity contribution in [2.24, 2.45) is 0 Å². The second-order valence-electron chi connectivity index (χ2n) is 7.51. The number of thiophene rings is 1. The summed E-state index contributed by atoms with van der Waals surface area (Å²) in [5, 5.41) is 6.68. The average Bonchev–Trinajstić information content (AvgIpc) is 3.13. The quantitative estimate of drug-likeness (QED) is 0.488. The number of benzene rings is 1. The SMILES string of the molecule is COC(=O)c1c(NC(=S)Nc2ccc(C(=O)N3CCOCC3)cc2)sc(C(=O)N(C)C)c1C. The number of nitrogens with zero attached hydrogens (tertiary/aromatic N) is 2. The fourth-order valence-electron chi connectivity index (χ4n) is 3.27. The minimum atomic E-state index is -0.558. The van der Waals surface area contributed by atoms with Crippen LogP contribution in [0.3, 0.4) is 0 Å². The maximum atomic E-state index is 12.6. The van der Waals surface area contributed by atoms with Gasteiger partial charge in [-0.3, -0.25) is 9.59 Å². The number of morpholine rings is 1. The molecule has 9 nitrogen and oxygen atoms in total. The van der Waals surface area contributed by atoms with Gasteiger partial charge in [0.05, 0.1) is 30.8 Å². The predicted molar refractivity (Wildman–Crippen MR) is 131 cm³/mol. The lowest BCUT2D eigenvalue weighted by atomic mass is 10.1. The van der Waals surface area contributed by atoms with E-state index in [4.69, 9.17) is 21.7 Å². The van der Waals surface area contributed by atoms with Gasteiger partial charge in [-0.1, -0.05) is 0 Å². The molecule has 0 unspecified atom stereocenters. The van der Waals surface area contributed by atoms with Crippen molar-refractivity contribution >= 4 is 57.1 Å². The Morgan fingerprint density at radius 2 is 1.76 bits per heavy atom. The number of methoxy groups -OCH3 is 1. The third-order valence-corrected chi connectivity index (χ3v) is 6.45. The van der Waals surface area contributed by atoms with Gasteiger partial charge in [0.15, 0.2) is 5.11 Å². The van der Waals surface area contributed by atoms with Crippen LogP contribution in [0.2, 0.25) is 0 Å². The van der Waals surface area contributed by atoms with Crippen molar-refractivity contribution < 1.29 is 23.9 Å². The van der Waals surface area contributed by atoms with E-state index in [0.29, 0.717) is 53.0 Å². The maximum Gasteiger partial charge on any atom is 0.341 e. The van der Waals surface area contributed by atoms with Crippen molar-refractivity contribution in [3.63, 3.8) is 0 Å². The molecule has 0 saturated carbocycles. The summed E-state index contributed by atoms with van der Waals surface area (Å²) >= 11 is 6.54. The van der Waals surface area contributed by atoms with E-state index in [-0.39, 0.29) is 22.5 Å². The van der Waals surface area contributed by atoms with Gasteiger partial charge in [-0.05, 0) is 49.0 Å². The first-order valence-electron chi connectivity index (χ1n) is 10.2. The number of nitrogens with one attached hydrogen (secondary N) is 2. The molecule has 33 heavy (non-hydrogen) atoms. The molecule has 1 fully saturated rings. The minimum absolute atomic E-state index is 0.0413. The van der Waals surface area contributed by atoms with Gasteiger partial charge in [-0.2, -0.15) is 0 Å². The van der Waals surface area contributed by atoms with Gasteiger partial charge < -0.3 is 29.9 Å². The lowest BCUT2D eigenvalue weighted by Gasteiger charge is -2.26. The third-order valence-electron chi connectivity index (χ3n) is 5.05. The topological polar surface area (TPSA) is 100 Å². The second kappa shape index (κ2) is 10.7. The van der Waals surface area contributed by atoms with Crippen LogP contribution in [-0.2, 0) is 9.47 Å². The third kappa shape index (κ3) is 5.67. The highest BCUT2D eigenvalue weighted by atomic mass is 32.1. The zero-order valence-electron chi connectivity index (χ0n) is 18.9. The van der Waals surface area contributed by atoms with Crippen LogP contribution in [0, 0.1) is 6.92 Å². The van der Waals surface area contributed by atoms with Crippen LogP contribution in [0.4, 0.5) is 10.7 Å². The first-order chi connectivity index (χ1) is 15.7. The van der Waals surface area contributed by atoms with Gasteiger partial charge in [0.25, 0.3) is 11.8 Å². The van der Waals surface area contributed by atoms with Crippen LogP contribution >= 0.6 is 23.6 Å². The van der Waals surface area contributed by atoms with Gasteiger partial charge in [-0.25, -0.2) is 4.79 Å². The minimum Gasteiger partial charge on any atom is -0.465 e. The normalized spacial score (nSPS) is 13.3. The number of hydrogen-bond donors (Lipinski definition) is 2. The molecular formula is C22H26N4O5S2. The molecule has 1 aromatic heterocycles. The summed E-state index contributed by atoms with van der Waals surface area (Å²) in [5.41, 5.74) is 2.05. The van der Waals surface area contributed by atoms with Crippen LogP contribution in [0.15, 0.2) is 24.3 Å². The Bertz CT molecular complexity index is 1060. The van der Waals surface area contributed by atoms with Gasteiger partial charge in [0, 0.05) is 38.4 Å². The van der Waals surface area contributed by atoms with E-state index in [1.165, 1.54) is 12.0 Å². The molecule has 0 aliphatic carbocycles. The van der Waals surface area contributed by atoms with Crippen LogP contribution in [-0.4, -0.2) is 80.2 Å². The number of amides is 2. The highest BCUT2D eigenvalue weighted by Gasteiger charge is 2.26. The summed E-state index contributed by atoms with van der Waals surface area (Å²) in [5.74, 6) is -0.812. The molecule has 1 aliphatic heterocycles. The summed E-state index contributed by atoms with van der Waals surface area (Å²) in [4.78, 5) is 41.0. The molecule has 0 atom stereocenters. The molecule has 1 saturated heterocycles. The molecule has 2 N–H and O–H groups in total. The maximum absolute atomic E-state index is 12.6. The van der Waals surface area contributed by atoms with E-state index in [2.05, 4.69) is 10.6 Å². The van der Waals surface area contributed by atoms with E-state index >= 15 is 0 Å². The van der Waals surface area contributed by atoms with Crippen molar-refractivity contribution in [3.05, 3.63) is 45.8 Å². The monoisotopic (exact) mass is 490 g/mol. The number of thiocarbonyl (C=S) groups is 1. The zero-order chi connectivity index (χ0) is 24.1. The molecule has 1 aliphatic rings. The van der Waals surface area contributed by atoms with Crippen LogP contribution in [0.1, 0.15) is 36.0 Å². The van der Waals surface area contributed by atoms with Gasteiger partial charge >= 0.3 is 5.97 Å². The lowest BCUT2D eigenvalue weighted by molar-refractivity contribution is 0.0303. The number of carbonyl (C=O) groups is 3. The van der Waals surface area contributed by atoms with Crippen LogP contribution in [0.5, 0.6) is 0 Å². The molecule has 176 valence electrons. The van der Waals surface area contributed by atoms with Crippen LogP contribution in [0.25, 0.3) is 0 Å². The number of esters is 1. The van der Waals surface area contributed by atoms with Crippen molar-refractivity contribution in [1.82, 2.24) is 9.80 Å². The van der Waals surface area contributed by atoms with E-state index < -0.39 is 5.97 Å². The Morgan fingerprint density at radius 3 is 2.33 bits per heavy atom. The molecule has 2 aromatic rings. The number of anilines is 2. The summed E-state index contributed by atoms with van der Waals surface area (Å²) in [6.07, 6.45) is 0. The Labute approximate surface area is 201 Å². The Kier molecular flexibility index (Phi) is 8.01. The molecule has 1 aromatic carbocycles. The standard InChI is InChI=1S/C22H26N4O5S2/c1-13-16(21(29)30-4)18(33-17(13)20(28)25(2)3)24-22(32)23-15-7-5-14(6-8-15)19(27)26-9-11-31-12-10-26/h5-8H,9-12H2,1-4H3,(H2,23,24,32). The van der Waals surface area contributed by atoms with Crippen LogP contribution < -0.4 is 10.6 Å². The van der Waals surface area contributed by atoms with E-state index in [1.54, 1.807) is 50.2 Å². The van der Waals surface area contributed by atoms with Crippen molar-refractivity contribution in [3.8, 4) is 0 Å². The predicted octanol–water partition coefficient (Wildman–Crippen LogP) is 2.83. The number of hydrogen-bond acceptors (Lipinski definition) is 7. The highest BCUT2D eigenvalue weighted by molar-refractivity contribution is 7.80. The Balaban J connectivity index is 1.72. The lowest BCUT2D eigenvalue weighted by Crippen LogP contribution is -2.40. The van der Waals surface area contributed by atoms with E-state index in [1.807, 2.05) is 0 Å². The number of ether oxygens (including phenoxy) is 2. The molecule has 3 rings (SSSR count). The molecule has 0 bridgehead atoms. The van der Waals surface area contributed by atoms with E-state index in [9.17, 15) is 14.4 Å². The molecule has 2 heterocycles. The van der Waals surface area contributed by atoms with Crippen molar-refractivity contribution in [2.75, 3.05) is 58.1 Å².